The van der Waals surface area contributed by atoms with E-state index in [-0.39, 0.29) is 5.97 Å². The number of pyridine rings is 1. The number of likely N-dealkylation sites (N-methyl/N-ethyl adjacent to an activating group) is 1. The number of anilines is 2. The van der Waals surface area contributed by atoms with Crippen molar-refractivity contribution in [2.24, 2.45) is 0 Å². The Labute approximate surface area is 124 Å². The molecule has 1 aromatic heterocycles. The zero-order chi connectivity index (χ0) is 15.2. The van der Waals surface area contributed by atoms with Crippen molar-refractivity contribution in [3.05, 3.63) is 53.9 Å². The summed E-state index contributed by atoms with van der Waals surface area (Å²) in [4.78, 5) is 17.5. The van der Waals surface area contributed by atoms with E-state index in [1.165, 1.54) is 12.7 Å². The number of nitrogens with two attached hydrogens (primary N) is 1. The van der Waals surface area contributed by atoms with Gasteiger partial charge in [0.1, 0.15) is 0 Å². The van der Waals surface area contributed by atoms with Crippen LogP contribution in [0.3, 0.4) is 0 Å². The summed E-state index contributed by atoms with van der Waals surface area (Å²) in [6.45, 7) is 0.825. The molecule has 2 N–H and O–H groups in total. The molecule has 0 saturated heterocycles. The lowest BCUT2D eigenvalue weighted by molar-refractivity contribution is 0.0601. The molecule has 0 aliphatic carbocycles. The highest BCUT2D eigenvalue weighted by Crippen LogP contribution is 2.24. The number of carbonyl (C=O) groups is 1. The molecule has 0 amide bonds. The summed E-state index contributed by atoms with van der Waals surface area (Å²) in [5.41, 5.74) is 9.17. The lowest BCUT2D eigenvalue weighted by Gasteiger charge is -2.21. The Morgan fingerprint density at radius 2 is 2.00 bits per heavy atom. The standard InChI is InChI=1S/C16H19N3O2/c1-19(10-7-12-5-8-18-9-6-12)15-4-3-13(11-14(15)17)16(20)21-2/h3-6,8-9,11H,7,10,17H2,1-2H3. The largest absolute Gasteiger partial charge is 0.465 e. The Bertz CT molecular complexity index is 614. The van der Waals surface area contributed by atoms with Gasteiger partial charge in [-0.1, -0.05) is 0 Å². The molecule has 0 bridgehead atoms. The number of rotatable bonds is 5. The van der Waals surface area contributed by atoms with Gasteiger partial charge >= 0.3 is 5.97 Å². The van der Waals surface area contributed by atoms with Gasteiger partial charge in [0.2, 0.25) is 0 Å². The van der Waals surface area contributed by atoms with Crippen LogP contribution in [0.4, 0.5) is 11.4 Å². The van der Waals surface area contributed by atoms with Gasteiger partial charge in [0.05, 0.1) is 24.0 Å². The second-order valence-corrected chi connectivity index (χ2v) is 4.79. The fraction of sp³-hybridized carbons (Fsp3) is 0.250. The monoisotopic (exact) mass is 285 g/mol. The molecule has 5 nitrogen and oxygen atoms in total. The molecule has 110 valence electrons. The highest BCUT2D eigenvalue weighted by molar-refractivity contribution is 5.91. The van der Waals surface area contributed by atoms with E-state index in [4.69, 9.17) is 5.73 Å². The minimum atomic E-state index is -0.382. The first-order valence-electron chi connectivity index (χ1n) is 6.69. The maximum Gasteiger partial charge on any atom is 0.337 e. The third-order valence-corrected chi connectivity index (χ3v) is 3.35. The summed E-state index contributed by atoms with van der Waals surface area (Å²) in [5, 5.41) is 0. The van der Waals surface area contributed by atoms with Crippen molar-refractivity contribution in [1.82, 2.24) is 4.98 Å². The number of aromatic nitrogens is 1. The predicted molar refractivity (Wildman–Crippen MR) is 83.4 cm³/mol. The molecule has 21 heavy (non-hydrogen) atoms. The third kappa shape index (κ3) is 3.72. The zero-order valence-electron chi connectivity index (χ0n) is 12.2. The van der Waals surface area contributed by atoms with Crippen LogP contribution in [0.5, 0.6) is 0 Å². The van der Waals surface area contributed by atoms with E-state index in [1.807, 2.05) is 25.2 Å². The second-order valence-electron chi connectivity index (χ2n) is 4.79. The van der Waals surface area contributed by atoms with Gasteiger partial charge in [-0.25, -0.2) is 4.79 Å². The van der Waals surface area contributed by atoms with Gasteiger partial charge < -0.3 is 15.4 Å². The van der Waals surface area contributed by atoms with Crippen molar-refractivity contribution in [2.45, 2.75) is 6.42 Å². The van der Waals surface area contributed by atoms with Gasteiger partial charge in [-0.05, 0) is 42.3 Å². The van der Waals surface area contributed by atoms with Crippen molar-refractivity contribution >= 4 is 17.3 Å². The van der Waals surface area contributed by atoms with Crippen molar-refractivity contribution in [2.75, 3.05) is 31.3 Å². The molecule has 0 atom stereocenters. The van der Waals surface area contributed by atoms with Crippen molar-refractivity contribution in [1.29, 1.82) is 0 Å². The number of hydrogen-bond donors (Lipinski definition) is 1. The number of ether oxygens (including phenoxy) is 1. The molecule has 0 aliphatic rings. The molecular formula is C16H19N3O2. The molecule has 0 saturated carbocycles. The molecular weight excluding hydrogens is 266 g/mol. The van der Waals surface area contributed by atoms with Crippen LogP contribution in [0.15, 0.2) is 42.7 Å². The number of nitrogen functional groups attached to an aromatic ring is 1. The number of methoxy groups -OCH3 is 1. The van der Waals surface area contributed by atoms with Crippen LogP contribution in [0.2, 0.25) is 0 Å². The summed E-state index contributed by atoms with van der Waals surface area (Å²) in [7, 11) is 3.33. The fourth-order valence-corrected chi connectivity index (χ4v) is 2.11. The Morgan fingerprint density at radius 3 is 2.62 bits per heavy atom. The summed E-state index contributed by atoms with van der Waals surface area (Å²) in [6, 6.07) is 9.20. The first kappa shape index (κ1) is 14.8. The number of benzene rings is 1. The SMILES string of the molecule is COC(=O)c1ccc(N(C)CCc2ccncc2)c(N)c1. The Hall–Kier alpha value is -2.56. The lowest BCUT2D eigenvalue weighted by Crippen LogP contribution is -2.21. The van der Waals surface area contributed by atoms with Crippen LogP contribution >= 0.6 is 0 Å². The van der Waals surface area contributed by atoms with E-state index >= 15 is 0 Å². The topological polar surface area (TPSA) is 68.5 Å². The van der Waals surface area contributed by atoms with Crippen LogP contribution in [-0.4, -0.2) is 31.7 Å². The Morgan fingerprint density at radius 1 is 1.29 bits per heavy atom. The van der Waals surface area contributed by atoms with Crippen LogP contribution in [-0.2, 0) is 11.2 Å². The molecule has 0 aliphatic heterocycles. The first-order valence-corrected chi connectivity index (χ1v) is 6.69. The normalized spacial score (nSPS) is 10.2. The maximum atomic E-state index is 11.5. The summed E-state index contributed by atoms with van der Waals surface area (Å²) < 4.78 is 4.68. The molecule has 1 aromatic carbocycles. The number of nitrogens with zero attached hydrogens (tertiary/aromatic N) is 2. The highest BCUT2D eigenvalue weighted by atomic mass is 16.5. The number of hydrogen-bond acceptors (Lipinski definition) is 5. The second kappa shape index (κ2) is 6.74. The van der Waals surface area contributed by atoms with Gasteiger partial charge in [0.15, 0.2) is 0 Å². The molecule has 1 heterocycles. The minimum Gasteiger partial charge on any atom is -0.465 e. The molecule has 0 spiro atoms. The van der Waals surface area contributed by atoms with E-state index in [2.05, 4.69) is 14.6 Å². The van der Waals surface area contributed by atoms with Crippen molar-refractivity contribution in [3.63, 3.8) is 0 Å². The average Bonchev–Trinajstić information content (AvgIpc) is 2.52. The Balaban J connectivity index is 2.05. The van der Waals surface area contributed by atoms with Gasteiger partial charge in [0.25, 0.3) is 0 Å². The average molecular weight is 285 g/mol. The Kier molecular flexibility index (Phi) is 4.77. The van der Waals surface area contributed by atoms with E-state index in [0.29, 0.717) is 11.3 Å². The number of esters is 1. The predicted octanol–water partition coefficient (Wildman–Crippen LogP) is 2.13. The van der Waals surface area contributed by atoms with E-state index in [1.54, 1.807) is 24.5 Å². The molecule has 2 aromatic rings. The summed E-state index contributed by atoms with van der Waals surface area (Å²) in [6.07, 6.45) is 4.47. The molecule has 0 radical (unpaired) electrons. The quantitative estimate of drug-likeness (QED) is 0.673. The molecule has 2 rings (SSSR count). The number of carbonyl (C=O) groups excluding carboxylic acids is 1. The molecule has 0 unspecified atom stereocenters. The van der Waals surface area contributed by atoms with E-state index in [9.17, 15) is 4.79 Å². The van der Waals surface area contributed by atoms with Gasteiger partial charge in [-0.2, -0.15) is 0 Å². The van der Waals surface area contributed by atoms with Crippen LogP contribution in [0.1, 0.15) is 15.9 Å². The molecule has 0 fully saturated rings. The van der Waals surface area contributed by atoms with E-state index in [0.717, 1.165) is 18.7 Å². The van der Waals surface area contributed by atoms with Crippen LogP contribution < -0.4 is 10.6 Å². The summed E-state index contributed by atoms with van der Waals surface area (Å²) >= 11 is 0. The smallest absolute Gasteiger partial charge is 0.337 e. The summed E-state index contributed by atoms with van der Waals surface area (Å²) in [5.74, 6) is -0.382. The third-order valence-electron chi connectivity index (χ3n) is 3.35. The van der Waals surface area contributed by atoms with Gasteiger partial charge in [0, 0.05) is 26.0 Å². The minimum absolute atomic E-state index is 0.382. The van der Waals surface area contributed by atoms with Crippen LogP contribution in [0, 0.1) is 0 Å². The van der Waals surface area contributed by atoms with Crippen molar-refractivity contribution < 1.29 is 9.53 Å². The fourth-order valence-electron chi connectivity index (χ4n) is 2.11. The maximum absolute atomic E-state index is 11.5. The van der Waals surface area contributed by atoms with E-state index < -0.39 is 0 Å². The van der Waals surface area contributed by atoms with Gasteiger partial charge in [-0.3, -0.25) is 4.98 Å². The zero-order valence-corrected chi connectivity index (χ0v) is 12.2. The lowest BCUT2D eigenvalue weighted by atomic mass is 10.1. The van der Waals surface area contributed by atoms with Gasteiger partial charge in [-0.15, -0.1) is 0 Å². The highest BCUT2D eigenvalue weighted by Gasteiger charge is 2.10. The first-order chi connectivity index (χ1) is 10.1. The van der Waals surface area contributed by atoms with Crippen LogP contribution in [0.25, 0.3) is 0 Å². The van der Waals surface area contributed by atoms with Crippen molar-refractivity contribution in [3.8, 4) is 0 Å². The molecule has 5 heteroatoms.